The molecule has 1 aliphatic heterocycles. The van der Waals surface area contributed by atoms with Crippen LogP contribution in [0.3, 0.4) is 0 Å². The number of amides is 1. The number of nitrogens with one attached hydrogen (secondary N) is 1. The van der Waals surface area contributed by atoms with Crippen molar-refractivity contribution in [2.45, 2.75) is 0 Å². The highest BCUT2D eigenvalue weighted by atomic mass is 127. The number of carbonyl (C=O) groups is 1. The van der Waals surface area contributed by atoms with E-state index in [1.807, 2.05) is 11.0 Å². The first-order chi connectivity index (χ1) is 10.7. The Labute approximate surface area is 151 Å². The van der Waals surface area contributed by atoms with Crippen LogP contribution in [-0.4, -0.2) is 66.0 Å². The van der Waals surface area contributed by atoms with Gasteiger partial charge in [0.15, 0.2) is 5.96 Å². The van der Waals surface area contributed by atoms with Crippen molar-refractivity contribution in [3.8, 4) is 6.07 Å². The first-order valence-electron chi connectivity index (χ1n) is 6.91. The molecule has 3 N–H and O–H groups in total. The SMILES string of the molecule is I.N#CCNC(=O)CN=C(N)N1CCN(c2ncccn2)CC1. The van der Waals surface area contributed by atoms with Crippen molar-refractivity contribution in [3.63, 3.8) is 0 Å². The van der Waals surface area contributed by atoms with Crippen LogP contribution in [0.4, 0.5) is 5.95 Å². The number of hydrogen-bond acceptors (Lipinski definition) is 6. The summed E-state index contributed by atoms with van der Waals surface area (Å²) < 4.78 is 0. The molecule has 1 fully saturated rings. The molecule has 9 nitrogen and oxygen atoms in total. The first-order valence-corrected chi connectivity index (χ1v) is 6.91. The molecule has 0 atom stereocenters. The minimum atomic E-state index is -0.319. The smallest absolute Gasteiger partial charge is 0.242 e. The maximum Gasteiger partial charge on any atom is 0.242 e. The minimum Gasteiger partial charge on any atom is -0.370 e. The second-order valence-corrected chi connectivity index (χ2v) is 4.63. The van der Waals surface area contributed by atoms with Crippen molar-refractivity contribution in [3.05, 3.63) is 18.5 Å². The summed E-state index contributed by atoms with van der Waals surface area (Å²) in [4.78, 5) is 27.8. The number of aromatic nitrogens is 2. The van der Waals surface area contributed by atoms with Crippen LogP contribution in [0, 0.1) is 11.3 Å². The van der Waals surface area contributed by atoms with Crippen LogP contribution in [0.15, 0.2) is 23.5 Å². The van der Waals surface area contributed by atoms with Gasteiger partial charge in [0.1, 0.15) is 13.1 Å². The van der Waals surface area contributed by atoms with E-state index >= 15 is 0 Å². The van der Waals surface area contributed by atoms with E-state index in [4.69, 9.17) is 11.0 Å². The summed E-state index contributed by atoms with van der Waals surface area (Å²) in [6.07, 6.45) is 3.43. The lowest BCUT2D eigenvalue weighted by atomic mass is 10.3. The Balaban J connectivity index is 0.00000264. The van der Waals surface area contributed by atoms with Gasteiger partial charge in [0, 0.05) is 38.6 Å². The van der Waals surface area contributed by atoms with Crippen LogP contribution in [0.1, 0.15) is 0 Å². The molecular weight excluding hydrogens is 411 g/mol. The molecule has 0 radical (unpaired) electrons. The third-order valence-electron chi connectivity index (χ3n) is 3.19. The minimum absolute atomic E-state index is 0. The van der Waals surface area contributed by atoms with E-state index < -0.39 is 0 Å². The van der Waals surface area contributed by atoms with E-state index in [1.165, 1.54) is 0 Å². The number of carbonyl (C=O) groups excluding carboxylic acids is 1. The number of nitrogens with zero attached hydrogens (tertiary/aromatic N) is 6. The summed E-state index contributed by atoms with van der Waals surface area (Å²) in [5.41, 5.74) is 5.89. The van der Waals surface area contributed by atoms with Gasteiger partial charge in [0.2, 0.25) is 11.9 Å². The van der Waals surface area contributed by atoms with E-state index in [9.17, 15) is 4.79 Å². The fourth-order valence-corrected chi connectivity index (χ4v) is 2.04. The van der Waals surface area contributed by atoms with Crippen molar-refractivity contribution >= 4 is 41.8 Å². The molecular formula is C13H19IN8O. The zero-order chi connectivity index (χ0) is 15.8. The molecule has 23 heavy (non-hydrogen) atoms. The van der Waals surface area contributed by atoms with Gasteiger partial charge in [-0.3, -0.25) is 4.79 Å². The summed E-state index contributed by atoms with van der Waals surface area (Å²) in [7, 11) is 0. The van der Waals surface area contributed by atoms with Crippen LogP contribution >= 0.6 is 24.0 Å². The number of guanidine groups is 1. The van der Waals surface area contributed by atoms with E-state index in [0.29, 0.717) is 25.0 Å². The van der Waals surface area contributed by atoms with Crippen LogP contribution in [-0.2, 0) is 4.79 Å². The van der Waals surface area contributed by atoms with E-state index in [-0.39, 0.29) is 43.0 Å². The predicted octanol–water partition coefficient (Wildman–Crippen LogP) is -0.829. The fourth-order valence-electron chi connectivity index (χ4n) is 2.04. The lowest BCUT2D eigenvalue weighted by Gasteiger charge is -2.35. The van der Waals surface area contributed by atoms with Gasteiger partial charge in [0.05, 0.1) is 6.07 Å². The number of nitriles is 1. The number of halogens is 1. The quantitative estimate of drug-likeness (QED) is 0.277. The molecule has 2 rings (SSSR count). The summed E-state index contributed by atoms with van der Waals surface area (Å²) in [6.45, 7) is 2.75. The zero-order valence-corrected chi connectivity index (χ0v) is 14.9. The Bertz CT molecular complexity index is 565. The Morgan fingerprint density at radius 3 is 2.61 bits per heavy atom. The van der Waals surface area contributed by atoms with Crippen LogP contribution in [0.25, 0.3) is 0 Å². The number of rotatable bonds is 4. The van der Waals surface area contributed by atoms with E-state index in [0.717, 1.165) is 13.1 Å². The van der Waals surface area contributed by atoms with Gasteiger partial charge in [0.25, 0.3) is 0 Å². The second kappa shape index (κ2) is 9.78. The van der Waals surface area contributed by atoms with Crippen molar-refractivity contribution < 1.29 is 4.79 Å². The van der Waals surface area contributed by atoms with Gasteiger partial charge in [-0.1, -0.05) is 0 Å². The zero-order valence-electron chi connectivity index (χ0n) is 12.6. The maximum absolute atomic E-state index is 11.4. The topological polar surface area (TPSA) is 124 Å². The Morgan fingerprint density at radius 1 is 1.35 bits per heavy atom. The maximum atomic E-state index is 11.4. The first kappa shape index (κ1) is 18.9. The third kappa shape index (κ3) is 5.85. The Kier molecular flexibility index (Phi) is 8.03. The lowest BCUT2D eigenvalue weighted by molar-refractivity contribution is -0.119. The largest absolute Gasteiger partial charge is 0.370 e. The molecule has 1 amide bonds. The van der Waals surface area contributed by atoms with Gasteiger partial charge in [-0.2, -0.15) is 5.26 Å². The molecule has 1 aromatic rings. The van der Waals surface area contributed by atoms with E-state index in [1.54, 1.807) is 18.5 Å². The predicted molar refractivity (Wildman–Crippen MR) is 96.3 cm³/mol. The molecule has 0 aromatic carbocycles. The van der Waals surface area contributed by atoms with Gasteiger partial charge in [-0.15, -0.1) is 24.0 Å². The molecule has 1 saturated heterocycles. The standard InChI is InChI=1S/C13H18N8O.HI/c14-2-5-16-11(22)10-19-12(15)20-6-8-21(9-7-20)13-17-3-1-4-18-13;/h1,3-4H,5-10H2,(H2,15,19)(H,16,22);1H. The molecule has 1 aliphatic rings. The normalized spacial score (nSPS) is 14.7. The molecule has 1 aromatic heterocycles. The Hall–Kier alpha value is -2.16. The third-order valence-corrected chi connectivity index (χ3v) is 3.19. The highest BCUT2D eigenvalue weighted by molar-refractivity contribution is 14.0. The molecule has 10 heteroatoms. The van der Waals surface area contributed by atoms with Crippen LogP contribution in [0.5, 0.6) is 0 Å². The molecule has 0 aliphatic carbocycles. The number of anilines is 1. The number of aliphatic imine (C=N–C) groups is 1. The lowest BCUT2D eigenvalue weighted by Crippen LogP contribution is -2.51. The highest BCUT2D eigenvalue weighted by Crippen LogP contribution is 2.09. The molecule has 124 valence electrons. The van der Waals surface area contributed by atoms with Crippen molar-refractivity contribution in [2.75, 3.05) is 44.2 Å². The average molecular weight is 430 g/mol. The Morgan fingerprint density at radius 2 is 2.00 bits per heavy atom. The van der Waals surface area contributed by atoms with Crippen LogP contribution in [0.2, 0.25) is 0 Å². The fraction of sp³-hybridized carbons (Fsp3) is 0.462. The van der Waals surface area contributed by atoms with Gasteiger partial charge in [-0.25, -0.2) is 15.0 Å². The molecule has 0 unspecified atom stereocenters. The summed E-state index contributed by atoms with van der Waals surface area (Å²) >= 11 is 0. The molecule has 0 bridgehead atoms. The van der Waals surface area contributed by atoms with Crippen molar-refractivity contribution in [2.24, 2.45) is 10.7 Å². The average Bonchev–Trinajstić information content (AvgIpc) is 2.58. The van der Waals surface area contributed by atoms with Crippen LogP contribution < -0.4 is 16.0 Å². The van der Waals surface area contributed by atoms with Crippen molar-refractivity contribution in [1.29, 1.82) is 5.26 Å². The monoisotopic (exact) mass is 430 g/mol. The second-order valence-electron chi connectivity index (χ2n) is 4.63. The van der Waals surface area contributed by atoms with Gasteiger partial charge in [-0.05, 0) is 6.07 Å². The highest BCUT2D eigenvalue weighted by Gasteiger charge is 2.19. The van der Waals surface area contributed by atoms with Gasteiger partial charge < -0.3 is 20.9 Å². The number of piperazine rings is 1. The molecule has 0 spiro atoms. The molecule has 2 heterocycles. The summed E-state index contributed by atoms with van der Waals surface area (Å²) in [6, 6.07) is 3.61. The van der Waals surface area contributed by atoms with Crippen molar-refractivity contribution in [1.82, 2.24) is 20.2 Å². The number of hydrogen-bond donors (Lipinski definition) is 2. The summed E-state index contributed by atoms with van der Waals surface area (Å²) in [5, 5.41) is 10.8. The van der Waals surface area contributed by atoms with Gasteiger partial charge >= 0.3 is 0 Å². The molecule has 0 saturated carbocycles. The summed E-state index contributed by atoms with van der Waals surface area (Å²) in [5.74, 6) is 0.718. The number of nitrogens with two attached hydrogens (primary N) is 1. The van der Waals surface area contributed by atoms with E-state index in [2.05, 4.69) is 25.2 Å².